The molecule has 17 heavy (non-hydrogen) atoms. The van der Waals surface area contributed by atoms with Gasteiger partial charge >= 0.3 is 0 Å². The van der Waals surface area contributed by atoms with Crippen molar-refractivity contribution >= 4 is 5.71 Å². The second kappa shape index (κ2) is 3.86. The maximum absolute atomic E-state index is 11.6. The minimum absolute atomic E-state index is 0.255. The highest BCUT2D eigenvalue weighted by Crippen LogP contribution is 2.23. The van der Waals surface area contributed by atoms with Gasteiger partial charge in [-0.05, 0) is 12.1 Å². The second-order valence-electron chi connectivity index (χ2n) is 3.71. The van der Waals surface area contributed by atoms with Crippen molar-refractivity contribution in [1.29, 1.82) is 0 Å². The molecule has 0 aliphatic carbocycles. The quantitative estimate of drug-likeness (QED) is 0.793. The van der Waals surface area contributed by atoms with Gasteiger partial charge in [0.25, 0.3) is 5.56 Å². The molecule has 0 spiro atoms. The number of hydrogen-bond acceptors (Lipinski definition) is 4. The molecular formula is C12H9N3O2. The summed E-state index contributed by atoms with van der Waals surface area (Å²) in [6.07, 6.45) is 2.11. The molecule has 1 N–H and O–H groups in total. The number of rotatable bonds is 1. The molecule has 0 saturated heterocycles. The van der Waals surface area contributed by atoms with Crippen molar-refractivity contribution in [3.8, 4) is 5.75 Å². The monoisotopic (exact) mass is 227 g/mol. The Hall–Kier alpha value is -2.43. The van der Waals surface area contributed by atoms with Crippen LogP contribution in [0.25, 0.3) is 0 Å². The topological polar surface area (TPSA) is 67.3 Å². The Balaban J connectivity index is 2.02. The molecule has 0 amide bonds. The van der Waals surface area contributed by atoms with Crippen LogP contribution in [-0.4, -0.2) is 15.9 Å². The molecule has 5 nitrogen and oxygen atoms in total. The molecule has 0 atom stereocenters. The summed E-state index contributed by atoms with van der Waals surface area (Å²) in [5, 5.41) is 10.0. The summed E-state index contributed by atoms with van der Waals surface area (Å²) in [5.74, 6) is 0.738. The molecule has 3 rings (SSSR count). The molecule has 2 aromatic rings. The molecule has 0 radical (unpaired) electrons. The minimum Gasteiger partial charge on any atom is -0.356 e. The van der Waals surface area contributed by atoms with Crippen LogP contribution in [0.15, 0.2) is 46.5 Å². The predicted octanol–water partition coefficient (Wildman–Crippen LogP) is 1.11. The van der Waals surface area contributed by atoms with Crippen LogP contribution in [-0.2, 0) is 6.42 Å². The van der Waals surface area contributed by atoms with Crippen molar-refractivity contribution in [3.05, 3.63) is 58.0 Å². The summed E-state index contributed by atoms with van der Waals surface area (Å²) < 4.78 is 0. The summed E-state index contributed by atoms with van der Waals surface area (Å²) in [4.78, 5) is 16.8. The first-order valence-electron chi connectivity index (χ1n) is 5.20. The Morgan fingerprint density at radius 3 is 3.00 bits per heavy atom. The molecule has 2 heterocycles. The van der Waals surface area contributed by atoms with Gasteiger partial charge in [0.1, 0.15) is 0 Å². The average molecular weight is 227 g/mol. The lowest BCUT2D eigenvalue weighted by molar-refractivity contribution is 0.331. The van der Waals surface area contributed by atoms with E-state index in [1.807, 2.05) is 24.3 Å². The van der Waals surface area contributed by atoms with Crippen molar-refractivity contribution in [2.75, 3.05) is 0 Å². The van der Waals surface area contributed by atoms with Gasteiger partial charge < -0.3 is 4.84 Å². The first kappa shape index (κ1) is 9.77. The zero-order valence-corrected chi connectivity index (χ0v) is 8.88. The molecule has 1 aromatic heterocycles. The van der Waals surface area contributed by atoms with Gasteiger partial charge in [-0.1, -0.05) is 23.4 Å². The number of nitrogens with one attached hydrogen (secondary N) is 1. The van der Waals surface area contributed by atoms with Gasteiger partial charge in [-0.15, -0.1) is 0 Å². The average Bonchev–Trinajstić information content (AvgIpc) is 2.39. The predicted molar refractivity (Wildman–Crippen MR) is 62.2 cm³/mol. The molecule has 0 unspecified atom stereocenters. The molecule has 1 aliphatic rings. The highest BCUT2D eigenvalue weighted by molar-refractivity contribution is 6.02. The largest absolute Gasteiger partial charge is 0.356 e. The van der Waals surface area contributed by atoms with Crippen LogP contribution in [0, 0.1) is 0 Å². The summed E-state index contributed by atoms with van der Waals surface area (Å²) in [5.41, 5.74) is 1.88. The van der Waals surface area contributed by atoms with E-state index in [0.29, 0.717) is 17.7 Å². The standard InChI is InChI=1S/C12H9N3O2/c16-12-9(5-6-13-14-12)10-7-8-3-1-2-4-11(8)17-15-10/h1-6H,7H2,(H,14,16). The molecule has 0 bridgehead atoms. The first-order valence-corrected chi connectivity index (χ1v) is 5.20. The van der Waals surface area contributed by atoms with Crippen LogP contribution in [0.5, 0.6) is 5.75 Å². The number of hydrogen-bond donors (Lipinski definition) is 1. The van der Waals surface area contributed by atoms with E-state index < -0.39 is 0 Å². The Morgan fingerprint density at radius 1 is 1.24 bits per heavy atom. The van der Waals surface area contributed by atoms with Gasteiger partial charge in [0.05, 0.1) is 11.3 Å². The van der Waals surface area contributed by atoms with Crippen LogP contribution in [0.1, 0.15) is 11.1 Å². The number of benzene rings is 1. The second-order valence-corrected chi connectivity index (χ2v) is 3.71. The lowest BCUT2D eigenvalue weighted by atomic mass is 10.0. The van der Waals surface area contributed by atoms with E-state index in [0.717, 1.165) is 11.3 Å². The third-order valence-corrected chi connectivity index (χ3v) is 2.62. The zero-order valence-electron chi connectivity index (χ0n) is 8.88. The Kier molecular flexibility index (Phi) is 2.22. The Morgan fingerprint density at radius 2 is 2.12 bits per heavy atom. The van der Waals surface area contributed by atoms with E-state index in [9.17, 15) is 4.79 Å². The van der Waals surface area contributed by atoms with E-state index >= 15 is 0 Å². The van der Waals surface area contributed by atoms with E-state index in [-0.39, 0.29) is 5.56 Å². The van der Waals surface area contributed by atoms with Gasteiger partial charge in [-0.25, -0.2) is 5.10 Å². The number of oxime groups is 1. The normalized spacial score (nSPS) is 13.5. The van der Waals surface area contributed by atoms with Crippen molar-refractivity contribution in [1.82, 2.24) is 10.2 Å². The number of aromatic amines is 1. The number of H-pyrrole nitrogens is 1. The third kappa shape index (κ3) is 1.71. The van der Waals surface area contributed by atoms with E-state index in [1.54, 1.807) is 6.07 Å². The van der Waals surface area contributed by atoms with Gasteiger partial charge in [-0.3, -0.25) is 4.79 Å². The maximum Gasteiger partial charge on any atom is 0.273 e. The van der Waals surface area contributed by atoms with Crippen LogP contribution in [0.4, 0.5) is 0 Å². The molecular weight excluding hydrogens is 218 g/mol. The summed E-state index contributed by atoms with van der Waals surface area (Å²) >= 11 is 0. The molecule has 0 saturated carbocycles. The number of fused-ring (bicyclic) bond motifs is 1. The molecule has 1 aromatic carbocycles. The van der Waals surface area contributed by atoms with Crippen molar-refractivity contribution in [2.24, 2.45) is 5.16 Å². The Bertz CT molecular complexity index is 646. The highest BCUT2D eigenvalue weighted by Gasteiger charge is 2.17. The van der Waals surface area contributed by atoms with Crippen LogP contribution in [0.2, 0.25) is 0 Å². The fraction of sp³-hybridized carbons (Fsp3) is 0.0833. The molecule has 0 fully saturated rings. The van der Waals surface area contributed by atoms with Crippen molar-refractivity contribution < 1.29 is 4.84 Å². The lowest BCUT2D eigenvalue weighted by Crippen LogP contribution is -2.23. The molecule has 5 heteroatoms. The van der Waals surface area contributed by atoms with Gasteiger partial charge in [0, 0.05) is 18.2 Å². The number of nitrogens with zero attached hydrogens (tertiary/aromatic N) is 2. The third-order valence-electron chi connectivity index (χ3n) is 2.62. The van der Waals surface area contributed by atoms with E-state index in [1.165, 1.54) is 6.20 Å². The number of para-hydroxylation sites is 1. The molecule has 1 aliphatic heterocycles. The SMILES string of the molecule is O=c1[nH]nccc1C1=NOc2ccccc2C1. The fourth-order valence-electron chi connectivity index (χ4n) is 1.77. The smallest absolute Gasteiger partial charge is 0.273 e. The summed E-state index contributed by atoms with van der Waals surface area (Å²) in [6, 6.07) is 9.27. The first-order chi connectivity index (χ1) is 8.34. The number of aromatic nitrogens is 2. The molecule has 84 valence electrons. The van der Waals surface area contributed by atoms with Crippen LogP contribution < -0.4 is 10.4 Å². The Labute approximate surface area is 96.7 Å². The van der Waals surface area contributed by atoms with E-state index in [2.05, 4.69) is 15.4 Å². The van der Waals surface area contributed by atoms with Crippen LogP contribution >= 0.6 is 0 Å². The zero-order chi connectivity index (χ0) is 11.7. The van der Waals surface area contributed by atoms with Gasteiger partial charge in [-0.2, -0.15) is 5.10 Å². The minimum atomic E-state index is -0.255. The summed E-state index contributed by atoms with van der Waals surface area (Å²) in [7, 11) is 0. The van der Waals surface area contributed by atoms with Crippen molar-refractivity contribution in [3.63, 3.8) is 0 Å². The van der Waals surface area contributed by atoms with Crippen molar-refractivity contribution in [2.45, 2.75) is 6.42 Å². The van der Waals surface area contributed by atoms with Gasteiger partial charge in [0.2, 0.25) is 0 Å². The van der Waals surface area contributed by atoms with Crippen LogP contribution in [0.3, 0.4) is 0 Å². The highest BCUT2D eigenvalue weighted by atomic mass is 16.6. The fourth-order valence-corrected chi connectivity index (χ4v) is 1.77. The summed E-state index contributed by atoms with van der Waals surface area (Å²) in [6.45, 7) is 0. The maximum atomic E-state index is 11.6. The van der Waals surface area contributed by atoms with E-state index in [4.69, 9.17) is 4.84 Å². The lowest BCUT2D eigenvalue weighted by Gasteiger charge is -2.14. The van der Waals surface area contributed by atoms with Gasteiger partial charge in [0.15, 0.2) is 5.75 Å².